The molecule has 84 valence electrons. The Bertz CT molecular complexity index is 573. The van der Waals surface area contributed by atoms with Crippen molar-refractivity contribution < 1.29 is 9.13 Å². The first-order valence-corrected chi connectivity index (χ1v) is 4.99. The van der Waals surface area contributed by atoms with Crippen LogP contribution in [0.25, 0.3) is 0 Å². The summed E-state index contributed by atoms with van der Waals surface area (Å²) in [4.78, 5) is 4.03. The Morgan fingerprint density at radius 2 is 2.00 bits per heavy atom. The maximum Gasteiger partial charge on any atom is 0.222 e. The first-order chi connectivity index (χ1) is 8.19. The van der Waals surface area contributed by atoms with Crippen LogP contribution in [0, 0.1) is 24.1 Å². The molecule has 0 unspecified atom stereocenters. The molecule has 0 atom stereocenters. The molecule has 1 heterocycles. The van der Waals surface area contributed by atoms with Crippen LogP contribution in [0.4, 0.5) is 4.39 Å². The summed E-state index contributed by atoms with van der Waals surface area (Å²) < 4.78 is 18.2. The summed E-state index contributed by atoms with van der Waals surface area (Å²) in [6.45, 7) is 1.80. The minimum Gasteiger partial charge on any atom is -0.439 e. The van der Waals surface area contributed by atoms with E-state index < -0.39 is 0 Å². The van der Waals surface area contributed by atoms with Crippen molar-refractivity contribution >= 4 is 0 Å². The summed E-state index contributed by atoms with van der Waals surface area (Å²) in [6.07, 6.45) is 1.44. The molecule has 2 rings (SSSR count). The fourth-order valence-electron chi connectivity index (χ4n) is 1.34. The number of aryl methyl sites for hydroxylation is 1. The molecule has 0 aliphatic rings. The lowest BCUT2D eigenvalue weighted by Gasteiger charge is -2.07. The molecule has 0 bridgehead atoms. The van der Waals surface area contributed by atoms with Crippen LogP contribution in [-0.4, -0.2) is 4.98 Å². The summed E-state index contributed by atoms with van der Waals surface area (Å²) in [7, 11) is 0. The van der Waals surface area contributed by atoms with Gasteiger partial charge in [0, 0.05) is 11.8 Å². The minimum atomic E-state index is -0.318. The summed E-state index contributed by atoms with van der Waals surface area (Å²) in [6, 6.07) is 9.36. The second kappa shape index (κ2) is 4.62. The van der Waals surface area contributed by atoms with E-state index in [0.717, 1.165) is 5.56 Å². The minimum absolute atomic E-state index is 0.318. The third kappa shape index (κ3) is 2.58. The first-order valence-electron chi connectivity index (χ1n) is 4.99. The summed E-state index contributed by atoms with van der Waals surface area (Å²) in [5.41, 5.74) is 1.24. The van der Waals surface area contributed by atoms with Crippen LogP contribution < -0.4 is 4.74 Å². The first kappa shape index (κ1) is 11.1. The van der Waals surface area contributed by atoms with Crippen molar-refractivity contribution in [2.75, 3.05) is 0 Å². The van der Waals surface area contributed by atoms with Crippen molar-refractivity contribution in [3.05, 3.63) is 53.5 Å². The van der Waals surface area contributed by atoms with Gasteiger partial charge in [-0.15, -0.1) is 0 Å². The van der Waals surface area contributed by atoms with E-state index in [0.29, 0.717) is 17.2 Å². The molecule has 17 heavy (non-hydrogen) atoms. The normalized spacial score (nSPS) is 9.71. The van der Waals surface area contributed by atoms with Gasteiger partial charge in [-0.1, -0.05) is 0 Å². The molecule has 1 aromatic carbocycles. The van der Waals surface area contributed by atoms with Crippen molar-refractivity contribution in [3.8, 4) is 17.7 Å². The van der Waals surface area contributed by atoms with Gasteiger partial charge in [0.25, 0.3) is 0 Å². The van der Waals surface area contributed by atoms with Crippen LogP contribution in [0.15, 0.2) is 36.5 Å². The molecule has 0 saturated carbocycles. The van der Waals surface area contributed by atoms with E-state index in [1.807, 2.05) is 6.07 Å². The standard InChI is InChI=1S/C13H9FN2O/c1-9-6-10(7-15)8-16-13(9)17-12-4-2-11(14)3-5-12/h2-6,8H,1H3. The molecule has 0 amide bonds. The van der Waals surface area contributed by atoms with Gasteiger partial charge in [0.05, 0.1) is 5.56 Å². The molecular formula is C13H9FN2O. The van der Waals surface area contributed by atoms with Crippen molar-refractivity contribution in [1.82, 2.24) is 4.98 Å². The van der Waals surface area contributed by atoms with Gasteiger partial charge in [-0.2, -0.15) is 5.26 Å². The predicted octanol–water partition coefficient (Wildman–Crippen LogP) is 3.19. The highest BCUT2D eigenvalue weighted by atomic mass is 19.1. The Kier molecular flexibility index (Phi) is 3.01. The van der Waals surface area contributed by atoms with Gasteiger partial charge >= 0.3 is 0 Å². The molecule has 0 fully saturated rings. The Morgan fingerprint density at radius 3 is 2.59 bits per heavy atom. The molecule has 3 nitrogen and oxygen atoms in total. The van der Waals surface area contributed by atoms with E-state index in [1.165, 1.54) is 30.5 Å². The molecule has 0 saturated heterocycles. The van der Waals surface area contributed by atoms with Gasteiger partial charge in [-0.3, -0.25) is 0 Å². The lowest BCUT2D eigenvalue weighted by Crippen LogP contribution is -1.92. The molecule has 0 aliphatic carbocycles. The van der Waals surface area contributed by atoms with E-state index in [9.17, 15) is 4.39 Å². The van der Waals surface area contributed by atoms with Crippen molar-refractivity contribution in [2.45, 2.75) is 6.92 Å². The second-order valence-electron chi connectivity index (χ2n) is 3.51. The Morgan fingerprint density at radius 1 is 1.29 bits per heavy atom. The number of benzene rings is 1. The molecule has 4 heteroatoms. The molecule has 0 aliphatic heterocycles. The number of pyridine rings is 1. The van der Waals surface area contributed by atoms with Gasteiger partial charge in [0.15, 0.2) is 0 Å². The van der Waals surface area contributed by atoms with Gasteiger partial charge in [0.2, 0.25) is 5.88 Å². The van der Waals surface area contributed by atoms with Gasteiger partial charge < -0.3 is 4.74 Å². The third-order valence-electron chi connectivity index (χ3n) is 2.19. The van der Waals surface area contributed by atoms with Crippen LogP contribution in [0.2, 0.25) is 0 Å². The molecule has 2 aromatic rings. The Balaban J connectivity index is 2.25. The van der Waals surface area contributed by atoms with Crippen LogP contribution in [0.1, 0.15) is 11.1 Å². The molecule has 0 spiro atoms. The topological polar surface area (TPSA) is 45.9 Å². The van der Waals surface area contributed by atoms with Crippen LogP contribution in [0.3, 0.4) is 0 Å². The third-order valence-corrected chi connectivity index (χ3v) is 2.19. The lowest BCUT2D eigenvalue weighted by atomic mass is 10.2. The summed E-state index contributed by atoms with van der Waals surface area (Å²) in [5.74, 6) is 0.601. The zero-order chi connectivity index (χ0) is 12.3. The number of hydrogen-bond acceptors (Lipinski definition) is 3. The highest BCUT2D eigenvalue weighted by Crippen LogP contribution is 2.23. The van der Waals surface area contributed by atoms with E-state index in [1.54, 1.807) is 13.0 Å². The lowest BCUT2D eigenvalue weighted by molar-refractivity contribution is 0.457. The fraction of sp³-hybridized carbons (Fsp3) is 0.0769. The second-order valence-corrected chi connectivity index (χ2v) is 3.51. The molecule has 1 aromatic heterocycles. The SMILES string of the molecule is Cc1cc(C#N)cnc1Oc1ccc(F)cc1. The smallest absolute Gasteiger partial charge is 0.222 e. The van der Waals surface area contributed by atoms with Gasteiger partial charge in [-0.25, -0.2) is 9.37 Å². The number of rotatable bonds is 2. The van der Waals surface area contributed by atoms with E-state index in [-0.39, 0.29) is 5.82 Å². The molecule has 0 N–H and O–H groups in total. The number of aromatic nitrogens is 1. The number of nitrogens with zero attached hydrogens (tertiary/aromatic N) is 2. The van der Waals surface area contributed by atoms with Crippen molar-refractivity contribution in [1.29, 1.82) is 5.26 Å². The average molecular weight is 228 g/mol. The zero-order valence-electron chi connectivity index (χ0n) is 9.14. The van der Waals surface area contributed by atoms with E-state index in [2.05, 4.69) is 4.98 Å². The summed E-state index contributed by atoms with van der Waals surface area (Å²) >= 11 is 0. The maximum atomic E-state index is 12.7. The van der Waals surface area contributed by atoms with Gasteiger partial charge in [0.1, 0.15) is 17.6 Å². The van der Waals surface area contributed by atoms with Crippen LogP contribution in [-0.2, 0) is 0 Å². The Labute approximate surface area is 98.1 Å². The molecule has 0 radical (unpaired) electrons. The number of ether oxygens (including phenoxy) is 1. The van der Waals surface area contributed by atoms with Crippen LogP contribution in [0.5, 0.6) is 11.6 Å². The number of halogens is 1. The molecular weight excluding hydrogens is 219 g/mol. The highest BCUT2D eigenvalue weighted by molar-refractivity contribution is 5.37. The average Bonchev–Trinajstić information content (AvgIpc) is 2.34. The highest BCUT2D eigenvalue weighted by Gasteiger charge is 2.04. The monoisotopic (exact) mass is 228 g/mol. The van der Waals surface area contributed by atoms with Crippen molar-refractivity contribution in [3.63, 3.8) is 0 Å². The number of nitriles is 1. The van der Waals surface area contributed by atoms with E-state index in [4.69, 9.17) is 10.00 Å². The maximum absolute atomic E-state index is 12.7. The largest absolute Gasteiger partial charge is 0.439 e. The van der Waals surface area contributed by atoms with Gasteiger partial charge in [-0.05, 0) is 37.3 Å². The Hall–Kier alpha value is -2.41. The number of hydrogen-bond donors (Lipinski definition) is 0. The van der Waals surface area contributed by atoms with Crippen LogP contribution >= 0.6 is 0 Å². The fourth-order valence-corrected chi connectivity index (χ4v) is 1.34. The zero-order valence-corrected chi connectivity index (χ0v) is 9.14. The quantitative estimate of drug-likeness (QED) is 0.792. The summed E-state index contributed by atoms with van der Waals surface area (Å²) in [5, 5.41) is 8.70. The van der Waals surface area contributed by atoms with Crippen molar-refractivity contribution in [2.24, 2.45) is 0 Å². The van der Waals surface area contributed by atoms with E-state index >= 15 is 0 Å². The predicted molar refractivity (Wildman–Crippen MR) is 60.2 cm³/mol.